The van der Waals surface area contributed by atoms with Crippen molar-refractivity contribution in [3.8, 4) is 0 Å². The molecule has 2 amide bonds. The predicted octanol–water partition coefficient (Wildman–Crippen LogP) is 3.38. The summed E-state index contributed by atoms with van der Waals surface area (Å²) in [6.45, 7) is 8.90. The third kappa shape index (κ3) is 7.46. The van der Waals surface area contributed by atoms with Gasteiger partial charge < -0.3 is 15.4 Å². The van der Waals surface area contributed by atoms with E-state index < -0.39 is 11.7 Å². The average Bonchev–Trinajstić information content (AvgIpc) is 2.60. The summed E-state index contributed by atoms with van der Waals surface area (Å²) in [7, 11) is 0. The molecule has 1 aromatic carbocycles. The lowest BCUT2D eigenvalue weighted by Crippen LogP contribution is -2.50. The zero-order valence-electron chi connectivity index (χ0n) is 17.3. The number of rotatable bonds is 6. The van der Waals surface area contributed by atoms with Gasteiger partial charge in [-0.05, 0) is 64.8 Å². The van der Waals surface area contributed by atoms with Crippen molar-refractivity contribution in [1.29, 1.82) is 0 Å². The van der Waals surface area contributed by atoms with Crippen LogP contribution in [0.4, 0.5) is 9.18 Å². The number of benzene rings is 1. The predicted molar refractivity (Wildman–Crippen MR) is 106 cm³/mol. The third-order valence-electron chi connectivity index (χ3n) is 4.72. The van der Waals surface area contributed by atoms with Crippen LogP contribution in [-0.2, 0) is 9.53 Å². The number of likely N-dealkylation sites (tertiary alicyclic amines) is 1. The van der Waals surface area contributed by atoms with Gasteiger partial charge in [0.25, 0.3) is 0 Å². The summed E-state index contributed by atoms with van der Waals surface area (Å²) in [5.41, 5.74) is 0.323. The number of hydrogen-bond donors (Lipinski definition) is 2. The number of nitrogens with one attached hydrogen (secondary N) is 2. The summed E-state index contributed by atoms with van der Waals surface area (Å²) >= 11 is 0. The second-order valence-corrected chi connectivity index (χ2v) is 8.34. The standard InChI is InChI=1S/C21H32FN3O3/c1-15(16-8-10-17(22)11-9-16)24-19(26)14-25-12-6-5-7-18(25)13-23-20(27)28-21(2,3)4/h8-11,15,18H,5-7,12-14H2,1-4H3,(H,23,27)(H,24,26). The molecule has 2 unspecified atom stereocenters. The van der Waals surface area contributed by atoms with E-state index in [0.29, 0.717) is 6.54 Å². The van der Waals surface area contributed by atoms with Gasteiger partial charge in [0.2, 0.25) is 5.91 Å². The molecular formula is C21H32FN3O3. The highest BCUT2D eigenvalue weighted by molar-refractivity contribution is 5.78. The molecular weight excluding hydrogens is 361 g/mol. The van der Waals surface area contributed by atoms with Gasteiger partial charge in [-0.2, -0.15) is 0 Å². The molecule has 7 heteroatoms. The number of alkyl carbamates (subject to hydrolysis) is 1. The highest BCUT2D eigenvalue weighted by atomic mass is 19.1. The van der Waals surface area contributed by atoms with Crippen LogP contribution in [0.5, 0.6) is 0 Å². The number of halogens is 1. The minimum Gasteiger partial charge on any atom is -0.444 e. The van der Waals surface area contributed by atoms with Crippen LogP contribution in [0.2, 0.25) is 0 Å². The molecule has 1 saturated heterocycles. The van der Waals surface area contributed by atoms with Crippen molar-refractivity contribution in [3.63, 3.8) is 0 Å². The molecule has 156 valence electrons. The van der Waals surface area contributed by atoms with E-state index in [1.807, 2.05) is 27.7 Å². The van der Waals surface area contributed by atoms with Crippen LogP contribution in [0, 0.1) is 5.82 Å². The SMILES string of the molecule is CC(NC(=O)CN1CCCCC1CNC(=O)OC(C)(C)C)c1ccc(F)cc1. The minimum atomic E-state index is -0.535. The van der Waals surface area contributed by atoms with Gasteiger partial charge >= 0.3 is 6.09 Å². The minimum absolute atomic E-state index is 0.0824. The van der Waals surface area contributed by atoms with E-state index in [0.717, 1.165) is 31.4 Å². The van der Waals surface area contributed by atoms with Gasteiger partial charge in [-0.15, -0.1) is 0 Å². The van der Waals surface area contributed by atoms with Crippen LogP contribution in [0.15, 0.2) is 24.3 Å². The van der Waals surface area contributed by atoms with Crippen LogP contribution in [0.25, 0.3) is 0 Å². The zero-order valence-corrected chi connectivity index (χ0v) is 17.3. The Morgan fingerprint density at radius 2 is 1.93 bits per heavy atom. The number of amides is 2. The van der Waals surface area contributed by atoms with Crippen molar-refractivity contribution in [1.82, 2.24) is 15.5 Å². The molecule has 28 heavy (non-hydrogen) atoms. The fourth-order valence-electron chi connectivity index (χ4n) is 3.32. The molecule has 0 aliphatic carbocycles. The Morgan fingerprint density at radius 3 is 2.57 bits per heavy atom. The Balaban J connectivity index is 1.84. The maximum Gasteiger partial charge on any atom is 0.407 e. The fraction of sp³-hybridized carbons (Fsp3) is 0.619. The molecule has 1 fully saturated rings. The first kappa shape index (κ1) is 22.1. The first-order chi connectivity index (χ1) is 13.1. The average molecular weight is 394 g/mol. The Labute approximate surface area is 166 Å². The molecule has 2 rings (SSSR count). The van der Waals surface area contributed by atoms with Gasteiger partial charge in [-0.3, -0.25) is 9.69 Å². The molecule has 1 aliphatic rings. The number of piperidine rings is 1. The van der Waals surface area contributed by atoms with E-state index >= 15 is 0 Å². The van der Waals surface area contributed by atoms with Gasteiger partial charge in [-0.25, -0.2) is 9.18 Å². The number of nitrogens with zero attached hydrogens (tertiary/aromatic N) is 1. The molecule has 1 heterocycles. The Hall–Kier alpha value is -2.15. The topological polar surface area (TPSA) is 70.7 Å². The van der Waals surface area contributed by atoms with Gasteiger partial charge in [0.1, 0.15) is 11.4 Å². The van der Waals surface area contributed by atoms with Crippen molar-refractivity contribution in [2.75, 3.05) is 19.6 Å². The van der Waals surface area contributed by atoms with E-state index in [1.165, 1.54) is 12.1 Å². The van der Waals surface area contributed by atoms with Crippen molar-refractivity contribution in [2.45, 2.75) is 64.6 Å². The molecule has 1 aliphatic heterocycles. The summed E-state index contributed by atoms with van der Waals surface area (Å²) in [4.78, 5) is 26.5. The second kappa shape index (κ2) is 9.87. The maximum absolute atomic E-state index is 13.1. The molecule has 2 N–H and O–H groups in total. The number of carbonyl (C=O) groups excluding carboxylic acids is 2. The van der Waals surface area contributed by atoms with E-state index in [2.05, 4.69) is 15.5 Å². The molecule has 6 nitrogen and oxygen atoms in total. The molecule has 0 bridgehead atoms. The van der Waals surface area contributed by atoms with Crippen molar-refractivity contribution >= 4 is 12.0 Å². The smallest absolute Gasteiger partial charge is 0.407 e. The molecule has 0 aromatic heterocycles. The van der Waals surface area contributed by atoms with Crippen LogP contribution in [0.1, 0.15) is 58.6 Å². The first-order valence-electron chi connectivity index (χ1n) is 9.90. The summed E-state index contributed by atoms with van der Waals surface area (Å²) in [6.07, 6.45) is 2.60. The molecule has 0 saturated carbocycles. The summed E-state index contributed by atoms with van der Waals surface area (Å²) in [5, 5.41) is 5.78. The third-order valence-corrected chi connectivity index (χ3v) is 4.72. The molecule has 0 radical (unpaired) electrons. The van der Waals surface area contributed by atoms with Crippen LogP contribution in [-0.4, -0.2) is 48.2 Å². The fourth-order valence-corrected chi connectivity index (χ4v) is 3.32. The summed E-state index contributed by atoms with van der Waals surface area (Å²) in [6, 6.07) is 6.04. The van der Waals surface area contributed by atoms with Gasteiger partial charge in [0, 0.05) is 12.6 Å². The van der Waals surface area contributed by atoms with E-state index in [9.17, 15) is 14.0 Å². The first-order valence-corrected chi connectivity index (χ1v) is 9.90. The van der Waals surface area contributed by atoms with Crippen LogP contribution >= 0.6 is 0 Å². The largest absolute Gasteiger partial charge is 0.444 e. The van der Waals surface area contributed by atoms with E-state index in [-0.39, 0.29) is 30.4 Å². The Bertz CT molecular complexity index is 658. The normalized spacial score (nSPS) is 19.0. The molecule has 2 atom stereocenters. The summed E-state index contributed by atoms with van der Waals surface area (Å²) < 4.78 is 18.3. The van der Waals surface area contributed by atoms with Crippen LogP contribution < -0.4 is 10.6 Å². The number of hydrogen-bond acceptors (Lipinski definition) is 4. The number of ether oxygens (including phenoxy) is 1. The van der Waals surface area contributed by atoms with Crippen molar-refractivity contribution in [3.05, 3.63) is 35.6 Å². The van der Waals surface area contributed by atoms with Crippen LogP contribution in [0.3, 0.4) is 0 Å². The van der Waals surface area contributed by atoms with Crippen molar-refractivity contribution < 1.29 is 18.7 Å². The Morgan fingerprint density at radius 1 is 1.25 bits per heavy atom. The van der Waals surface area contributed by atoms with Gasteiger partial charge in [0.15, 0.2) is 0 Å². The monoisotopic (exact) mass is 393 g/mol. The quantitative estimate of drug-likeness (QED) is 0.777. The summed E-state index contributed by atoms with van der Waals surface area (Å²) in [5.74, 6) is -0.378. The lowest BCUT2D eigenvalue weighted by atomic mass is 10.0. The van der Waals surface area contributed by atoms with Gasteiger partial charge in [-0.1, -0.05) is 18.6 Å². The van der Waals surface area contributed by atoms with E-state index in [1.54, 1.807) is 12.1 Å². The van der Waals surface area contributed by atoms with Crippen molar-refractivity contribution in [2.24, 2.45) is 0 Å². The number of carbonyl (C=O) groups is 2. The lowest BCUT2D eigenvalue weighted by molar-refractivity contribution is -0.123. The van der Waals surface area contributed by atoms with E-state index in [4.69, 9.17) is 4.74 Å². The highest BCUT2D eigenvalue weighted by Gasteiger charge is 2.26. The Kier molecular flexibility index (Phi) is 7.80. The second-order valence-electron chi connectivity index (χ2n) is 8.34. The molecule has 0 spiro atoms. The van der Waals surface area contributed by atoms with Gasteiger partial charge in [0.05, 0.1) is 12.6 Å². The maximum atomic E-state index is 13.1. The zero-order chi connectivity index (χ0) is 20.7. The lowest BCUT2D eigenvalue weighted by Gasteiger charge is -2.35. The highest BCUT2D eigenvalue weighted by Crippen LogP contribution is 2.17. The molecule has 1 aromatic rings.